The first-order chi connectivity index (χ1) is 4.72. The maximum absolute atomic E-state index is 10.8. The highest BCUT2D eigenvalue weighted by Crippen LogP contribution is 1.94. The Hall–Kier alpha value is -1.05. The van der Waals surface area contributed by atoms with Crippen molar-refractivity contribution in [1.82, 2.24) is 5.32 Å². The second kappa shape index (κ2) is 4.79. The average molecular weight is 139 g/mol. The van der Waals surface area contributed by atoms with E-state index in [1.165, 1.54) is 0 Å². The van der Waals surface area contributed by atoms with Crippen LogP contribution >= 0.6 is 0 Å². The Morgan fingerprint density at radius 2 is 2.30 bits per heavy atom. The highest BCUT2D eigenvalue weighted by atomic mass is 16.1. The molecular weight excluding hydrogens is 126 g/mol. The highest BCUT2D eigenvalue weighted by molar-refractivity contribution is 5.92. The molecule has 0 spiro atoms. The summed E-state index contributed by atoms with van der Waals surface area (Å²) in [5.41, 5.74) is 0.738. The number of carbonyl (C=O) groups is 1. The molecule has 0 atom stereocenters. The minimum atomic E-state index is -0.0261. The van der Waals surface area contributed by atoms with E-state index in [1.54, 1.807) is 20.0 Å². The number of carbonyl (C=O) groups excluding carboxylic acids is 1. The van der Waals surface area contributed by atoms with E-state index in [2.05, 4.69) is 11.9 Å². The Morgan fingerprint density at radius 1 is 1.70 bits per heavy atom. The van der Waals surface area contributed by atoms with Gasteiger partial charge in [-0.2, -0.15) is 0 Å². The molecule has 0 aliphatic rings. The van der Waals surface area contributed by atoms with Gasteiger partial charge in [0.05, 0.1) is 0 Å². The Labute approximate surface area is 61.6 Å². The zero-order valence-corrected chi connectivity index (χ0v) is 6.48. The van der Waals surface area contributed by atoms with Crippen LogP contribution in [0.2, 0.25) is 0 Å². The van der Waals surface area contributed by atoms with Crippen LogP contribution < -0.4 is 5.32 Å². The maximum atomic E-state index is 10.8. The molecule has 56 valence electrons. The highest BCUT2D eigenvalue weighted by Gasteiger charge is 1.96. The summed E-state index contributed by atoms with van der Waals surface area (Å²) in [7, 11) is 1.62. The first-order valence-electron chi connectivity index (χ1n) is 3.22. The average Bonchev–Trinajstić information content (AvgIpc) is 1.98. The minimum absolute atomic E-state index is 0.0261. The van der Waals surface area contributed by atoms with Gasteiger partial charge in [-0.3, -0.25) is 4.79 Å². The van der Waals surface area contributed by atoms with Crippen LogP contribution in [-0.2, 0) is 4.79 Å². The summed E-state index contributed by atoms with van der Waals surface area (Å²) in [5.74, 6) is -0.0261. The van der Waals surface area contributed by atoms with Crippen LogP contribution in [0, 0.1) is 0 Å². The molecule has 0 bridgehead atoms. The quantitative estimate of drug-likeness (QED) is 0.463. The van der Waals surface area contributed by atoms with Crippen molar-refractivity contribution >= 4 is 5.91 Å². The number of likely N-dealkylation sites (N-methyl/N-ethyl adjacent to an activating group) is 1. The normalized spacial score (nSPS) is 10.8. The molecule has 2 heteroatoms. The lowest BCUT2D eigenvalue weighted by Gasteiger charge is -1.96. The predicted octanol–water partition coefficient (Wildman–Crippen LogP) is 1.25. The Balaban J connectivity index is 3.91. The standard InChI is InChI=1S/C8H13NO/c1-4-5-6-7(2)8(10)9-3/h4,6H,1,5H2,2-3H3,(H,9,10)/b7-6+. The smallest absolute Gasteiger partial charge is 0.246 e. The summed E-state index contributed by atoms with van der Waals surface area (Å²) < 4.78 is 0. The Kier molecular flexibility index (Phi) is 4.29. The third-order valence-electron chi connectivity index (χ3n) is 1.18. The van der Waals surface area contributed by atoms with Crippen LogP contribution in [-0.4, -0.2) is 13.0 Å². The molecule has 2 nitrogen and oxygen atoms in total. The molecule has 0 saturated heterocycles. The summed E-state index contributed by atoms with van der Waals surface area (Å²) in [4.78, 5) is 10.8. The summed E-state index contributed by atoms with van der Waals surface area (Å²) in [5, 5.41) is 2.53. The van der Waals surface area contributed by atoms with Gasteiger partial charge in [-0.15, -0.1) is 6.58 Å². The number of hydrogen-bond acceptors (Lipinski definition) is 1. The van der Waals surface area contributed by atoms with Crippen LogP contribution in [0.5, 0.6) is 0 Å². The zero-order chi connectivity index (χ0) is 7.98. The molecule has 0 saturated carbocycles. The lowest BCUT2D eigenvalue weighted by Crippen LogP contribution is -2.18. The van der Waals surface area contributed by atoms with E-state index >= 15 is 0 Å². The van der Waals surface area contributed by atoms with Crippen LogP contribution in [0.4, 0.5) is 0 Å². The molecule has 10 heavy (non-hydrogen) atoms. The van der Waals surface area contributed by atoms with Gasteiger partial charge in [0.25, 0.3) is 0 Å². The Bertz CT molecular complexity index is 159. The van der Waals surface area contributed by atoms with E-state index in [4.69, 9.17) is 0 Å². The molecule has 0 heterocycles. The van der Waals surface area contributed by atoms with E-state index < -0.39 is 0 Å². The van der Waals surface area contributed by atoms with Crippen molar-refractivity contribution in [1.29, 1.82) is 0 Å². The molecule has 1 N–H and O–H groups in total. The van der Waals surface area contributed by atoms with Gasteiger partial charge in [0.2, 0.25) is 5.91 Å². The van der Waals surface area contributed by atoms with Gasteiger partial charge in [0, 0.05) is 12.6 Å². The van der Waals surface area contributed by atoms with E-state index in [9.17, 15) is 4.79 Å². The van der Waals surface area contributed by atoms with Gasteiger partial charge >= 0.3 is 0 Å². The van der Waals surface area contributed by atoms with Crippen LogP contribution in [0.3, 0.4) is 0 Å². The minimum Gasteiger partial charge on any atom is -0.355 e. The summed E-state index contributed by atoms with van der Waals surface area (Å²) in [6.45, 7) is 5.32. The SMILES string of the molecule is C=CC/C=C(\C)C(=O)NC. The van der Waals surface area contributed by atoms with E-state index in [1.807, 2.05) is 6.08 Å². The van der Waals surface area contributed by atoms with Crippen LogP contribution in [0.15, 0.2) is 24.3 Å². The zero-order valence-electron chi connectivity index (χ0n) is 6.48. The van der Waals surface area contributed by atoms with Crippen LogP contribution in [0.1, 0.15) is 13.3 Å². The second-order valence-corrected chi connectivity index (χ2v) is 1.99. The number of hydrogen-bond donors (Lipinski definition) is 1. The van der Waals surface area contributed by atoms with Gasteiger partial charge in [-0.1, -0.05) is 12.2 Å². The fourth-order valence-corrected chi connectivity index (χ4v) is 0.550. The van der Waals surface area contributed by atoms with Crippen molar-refractivity contribution in [2.45, 2.75) is 13.3 Å². The molecule has 0 fully saturated rings. The van der Waals surface area contributed by atoms with E-state index in [0.717, 1.165) is 12.0 Å². The monoisotopic (exact) mass is 139 g/mol. The third-order valence-corrected chi connectivity index (χ3v) is 1.18. The summed E-state index contributed by atoms with van der Waals surface area (Å²) >= 11 is 0. The van der Waals surface area contributed by atoms with Gasteiger partial charge in [-0.05, 0) is 13.3 Å². The molecular formula is C8H13NO. The number of rotatable bonds is 3. The topological polar surface area (TPSA) is 29.1 Å². The fraction of sp³-hybridized carbons (Fsp3) is 0.375. The second-order valence-electron chi connectivity index (χ2n) is 1.99. The molecule has 0 rings (SSSR count). The lowest BCUT2D eigenvalue weighted by molar-refractivity contribution is -0.117. The van der Waals surface area contributed by atoms with Gasteiger partial charge in [0.1, 0.15) is 0 Å². The lowest BCUT2D eigenvalue weighted by atomic mass is 10.2. The molecule has 0 unspecified atom stereocenters. The van der Waals surface area contributed by atoms with Gasteiger partial charge in [-0.25, -0.2) is 0 Å². The Morgan fingerprint density at radius 3 is 2.70 bits per heavy atom. The summed E-state index contributed by atoms with van der Waals surface area (Å²) in [6.07, 6.45) is 4.34. The number of allylic oxidation sites excluding steroid dienone is 2. The molecule has 1 amide bonds. The van der Waals surface area contributed by atoms with Crippen molar-refractivity contribution in [3.05, 3.63) is 24.3 Å². The van der Waals surface area contributed by atoms with Crippen molar-refractivity contribution in [2.24, 2.45) is 0 Å². The molecule has 0 radical (unpaired) electrons. The van der Waals surface area contributed by atoms with E-state index in [-0.39, 0.29) is 5.91 Å². The predicted molar refractivity (Wildman–Crippen MR) is 42.6 cm³/mol. The molecule has 0 aliphatic heterocycles. The molecule has 0 aromatic rings. The molecule has 0 aromatic heterocycles. The van der Waals surface area contributed by atoms with Crippen molar-refractivity contribution in [2.75, 3.05) is 7.05 Å². The number of amides is 1. The van der Waals surface area contributed by atoms with Crippen molar-refractivity contribution < 1.29 is 4.79 Å². The largest absolute Gasteiger partial charge is 0.355 e. The van der Waals surface area contributed by atoms with Crippen molar-refractivity contribution in [3.63, 3.8) is 0 Å². The maximum Gasteiger partial charge on any atom is 0.246 e. The first kappa shape index (κ1) is 8.95. The first-order valence-corrected chi connectivity index (χ1v) is 3.22. The van der Waals surface area contributed by atoms with Crippen LogP contribution in [0.25, 0.3) is 0 Å². The summed E-state index contributed by atoms with van der Waals surface area (Å²) in [6, 6.07) is 0. The van der Waals surface area contributed by atoms with E-state index in [0.29, 0.717) is 0 Å². The fourth-order valence-electron chi connectivity index (χ4n) is 0.550. The third kappa shape index (κ3) is 3.07. The number of nitrogens with one attached hydrogen (secondary N) is 1. The molecule has 0 aromatic carbocycles. The van der Waals surface area contributed by atoms with Gasteiger partial charge in [0.15, 0.2) is 0 Å². The molecule has 0 aliphatic carbocycles. The van der Waals surface area contributed by atoms with Crippen molar-refractivity contribution in [3.8, 4) is 0 Å². The van der Waals surface area contributed by atoms with Gasteiger partial charge < -0.3 is 5.32 Å².